The molecule has 5 nitrogen and oxygen atoms in total. The van der Waals surface area contributed by atoms with Crippen LogP contribution in [0.2, 0.25) is 5.02 Å². The van der Waals surface area contributed by atoms with Gasteiger partial charge >= 0.3 is 0 Å². The number of anilines is 1. The van der Waals surface area contributed by atoms with Crippen LogP contribution in [-0.4, -0.2) is 16.1 Å². The number of hydrogen-bond donors (Lipinski definition) is 2. The monoisotopic (exact) mass is 351 g/mol. The summed E-state index contributed by atoms with van der Waals surface area (Å²) >= 11 is 6.03. The highest BCUT2D eigenvalue weighted by Gasteiger charge is 2.18. The van der Waals surface area contributed by atoms with Gasteiger partial charge in [-0.15, -0.1) is 0 Å². The standard InChI is InChI=1S/C19H14ClN3O2/c1-11-15-10-13(20)5-6-17(15)25-18(11)19(24)22-14-4-2-3-12(9-14)16-7-8-21-23-16/h2-10H,1H3,(H,21,23)(H,22,24). The molecule has 2 aromatic heterocycles. The first-order chi connectivity index (χ1) is 12.1. The fourth-order valence-electron chi connectivity index (χ4n) is 2.78. The van der Waals surface area contributed by atoms with Crippen molar-refractivity contribution in [2.24, 2.45) is 0 Å². The Labute approximate surface area is 148 Å². The second-order valence-electron chi connectivity index (χ2n) is 5.70. The number of nitrogens with one attached hydrogen (secondary N) is 2. The first-order valence-corrected chi connectivity index (χ1v) is 8.09. The maximum absolute atomic E-state index is 12.6. The number of furan rings is 1. The number of nitrogens with zero attached hydrogens (tertiary/aromatic N) is 1. The average molecular weight is 352 g/mol. The van der Waals surface area contributed by atoms with E-state index in [2.05, 4.69) is 15.5 Å². The van der Waals surface area contributed by atoms with E-state index in [0.717, 1.165) is 22.2 Å². The molecule has 0 fully saturated rings. The van der Waals surface area contributed by atoms with Crippen molar-refractivity contribution in [3.8, 4) is 11.3 Å². The fraction of sp³-hybridized carbons (Fsp3) is 0.0526. The molecule has 0 bridgehead atoms. The van der Waals surface area contributed by atoms with Crippen LogP contribution in [0.15, 0.2) is 59.1 Å². The number of fused-ring (bicyclic) bond motifs is 1. The molecule has 0 aliphatic carbocycles. The Morgan fingerprint density at radius 3 is 2.88 bits per heavy atom. The van der Waals surface area contributed by atoms with Crippen LogP contribution in [0.25, 0.3) is 22.2 Å². The van der Waals surface area contributed by atoms with Gasteiger partial charge in [0.2, 0.25) is 0 Å². The molecular weight excluding hydrogens is 338 g/mol. The summed E-state index contributed by atoms with van der Waals surface area (Å²) in [6, 6.07) is 14.7. The Balaban J connectivity index is 1.64. The molecule has 0 radical (unpaired) electrons. The first-order valence-electron chi connectivity index (χ1n) is 7.71. The molecule has 6 heteroatoms. The lowest BCUT2D eigenvalue weighted by atomic mass is 10.1. The number of benzene rings is 2. The molecule has 0 aliphatic heterocycles. The second kappa shape index (κ2) is 6.11. The van der Waals surface area contributed by atoms with E-state index in [1.165, 1.54) is 0 Å². The molecule has 0 saturated carbocycles. The van der Waals surface area contributed by atoms with Crippen LogP contribution >= 0.6 is 11.6 Å². The number of aromatic nitrogens is 2. The van der Waals surface area contributed by atoms with Crippen LogP contribution in [0, 0.1) is 6.92 Å². The van der Waals surface area contributed by atoms with E-state index in [-0.39, 0.29) is 11.7 Å². The van der Waals surface area contributed by atoms with E-state index in [4.69, 9.17) is 16.0 Å². The number of aromatic amines is 1. The molecule has 1 amide bonds. The lowest BCUT2D eigenvalue weighted by Crippen LogP contribution is -2.12. The number of rotatable bonds is 3. The largest absolute Gasteiger partial charge is 0.451 e. The quantitative estimate of drug-likeness (QED) is 0.543. The van der Waals surface area contributed by atoms with Crippen LogP contribution < -0.4 is 5.32 Å². The Kier molecular flexibility index (Phi) is 3.78. The third-order valence-corrected chi connectivity index (χ3v) is 4.27. The van der Waals surface area contributed by atoms with Gasteiger partial charge in [0.05, 0.1) is 5.69 Å². The summed E-state index contributed by atoms with van der Waals surface area (Å²) < 4.78 is 5.70. The Bertz CT molecular complexity index is 1070. The van der Waals surface area contributed by atoms with E-state index in [1.807, 2.05) is 37.3 Å². The molecule has 2 heterocycles. The molecular formula is C19H14ClN3O2. The fourth-order valence-corrected chi connectivity index (χ4v) is 2.95. The molecule has 0 unspecified atom stereocenters. The van der Waals surface area contributed by atoms with Crippen molar-refractivity contribution in [1.82, 2.24) is 10.2 Å². The van der Waals surface area contributed by atoms with Crippen molar-refractivity contribution in [2.75, 3.05) is 5.32 Å². The molecule has 2 aromatic carbocycles. The van der Waals surface area contributed by atoms with Gasteiger partial charge in [-0.25, -0.2) is 0 Å². The molecule has 25 heavy (non-hydrogen) atoms. The van der Waals surface area contributed by atoms with Gasteiger partial charge in [-0.05, 0) is 43.3 Å². The van der Waals surface area contributed by atoms with E-state index in [1.54, 1.807) is 24.4 Å². The minimum atomic E-state index is -0.299. The van der Waals surface area contributed by atoms with Crippen LogP contribution in [-0.2, 0) is 0 Å². The average Bonchev–Trinajstić information content (AvgIpc) is 3.24. The number of carbonyl (C=O) groups excluding carboxylic acids is 1. The maximum atomic E-state index is 12.6. The third kappa shape index (κ3) is 2.90. The minimum Gasteiger partial charge on any atom is -0.451 e. The lowest BCUT2D eigenvalue weighted by molar-refractivity contribution is 0.0998. The molecule has 4 rings (SSSR count). The highest BCUT2D eigenvalue weighted by Crippen LogP contribution is 2.29. The minimum absolute atomic E-state index is 0.282. The Morgan fingerprint density at radius 2 is 2.08 bits per heavy atom. The molecule has 0 aliphatic rings. The predicted octanol–water partition coefficient (Wildman–Crippen LogP) is 5.04. The van der Waals surface area contributed by atoms with Crippen LogP contribution in [0.4, 0.5) is 5.69 Å². The number of carbonyl (C=O) groups is 1. The zero-order valence-electron chi connectivity index (χ0n) is 13.3. The number of halogens is 1. The van der Waals surface area contributed by atoms with Gasteiger partial charge in [-0.2, -0.15) is 5.10 Å². The summed E-state index contributed by atoms with van der Waals surface area (Å²) in [5.74, 6) is -0.0178. The van der Waals surface area contributed by atoms with Crippen molar-refractivity contribution in [1.29, 1.82) is 0 Å². The number of amides is 1. The van der Waals surface area contributed by atoms with Gasteiger partial charge < -0.3 is 9.73 Å². The van der Waals surface area contributed by atoms with E-state index >= 15 is 0 Å². The van der Waals surface area contributed by atoms with Crippen molar-refractivity contribution < 1.29 is 9.21 Å². The molecule has 4 aromatic rings. The topological polar surface area (TPSA) is 70.9 Å². The first kappa shape index (κ1) is 15.5. The molecule has 124 valence electrons. The zero-order valence-corrected chi connectivity index (χ0v) is 14.1. The smallest absolute Gasteiger partial charge is 0.291 e. The highest BCUT2D eigenvalue weighted by atomic mass is 35.5. The van der Waals surface area contributed by atoms with Crippen molar-refractivity contribution in [2.45, 2.75) is 6.92 Å². The summed E-state index contributed by atoms with van der Waals surface area (Å²) in [4.78, 5) is 12.6. The van der Waals surface area contributed by atoms with Gasteiger partial charge in [0.1, 0.15) is 5.58 Å². The van der Waals surface area contributed by atoms with Gasteiger partial charge in [0, 0.05) is 33.4 Å². The van der Waals surface area contributed by atoms with Gasteiger partial charge in [-0.1, -0.05) is 23.7 Å². The SMILES string of the molecule is Cc1c(C(=O)Nc2cccc(-c3ccn[nH]3)c2)oc2ccc(Cl)cc12. The second-order valence-corrected chi connectivity index (χ2v) is 6.14. The maximum Gasteiger partial charge on any atom is 0.291 e. The summed E-state index contributed by atoms with van der Waals surface area (Å²) in [5.41, 5.74) is 3.89. The summed E-state index contributed by atoms with van der Waals surface area (Å²) in [5, 5.41) is 11.2. The Hall–Kier alpha value is -3.05. The zero-order chi connectivity index (χ0) is 17.4. The van der Waals surface area contributed by atoms with Crippen LogP contribution in [0.5, 0.6) is 0 Å². The molecule has 0 atom stereocenters. The van der Waals surface area contributed by atoms with Crippen LogP contribution in [0.3, 0.4) is 0 Å². The molecule has 2 N–H and O–H groups in total. The van der Waals surface area contributed by atoms with E-state index in [0.29, 0.717) is 16.3 Å². The predicted molar refractivity (Wildman–Crippen MR) is 97.9 cm³/mol. The number of hydrogen-bond acceptors (Lipinski definition) is 3. The van der Waals surface area contributed by atoms with Crippen molar-refractivity contribution in [3.63, 3.8) is 0 Å². The normalized spacial score (nSPS) is 11.0. The molecule has 0 spiro atoms. The number of H-pyrrole nitrogens is 1. The lowest BCUT2D eigenvalue weighted by Gasteiger charge is -2.06. The van der Waals surface area contributed by atoms with Crippen molar-refractivity contribution in [3.05, 3.63) is 71.1 Å². The Morgan fingerprint density at radius 1 is 1.20 bits per heavy atom. The van der Waals surface area contributed by atoms with E-state index < -0.39 is 0 Å². The summed E-state index contributed by atoms with van der Waals surface area (Å²) in [6.45, 7) is 1.85. The molecule has 0 saturated heterocycles. The van der Waals surface area contributed by atoms with Gasteiger partial charge in [-0.3, -0.25) is 9.89 Å². The summed E-state index contributed by atoms with van der Waals surface area (Å²) in [7, 11) is 0. The third-order valence-electron chi connectivity index (χ3n) is 4.04. The number of aryl methyl sites for hydroxylation is 1. The van der Waals surface area contributed by atoms with Crippen LogP contribution in [0.1, 0.15) is 16.1 Å². The van der Waals surface area contributed by atoms with Crippen molar-refractivity contribution >= 4 is 34.2 Å². The van der Waals surface area contributed by atoms with E-state index in [9.17, 15) is 4.79 Å². The highest BCUT2D eigenvalue weighted by molar-refractivity contribution is 6.31. The van der Waals surface area contributed by atoms with Gasteiger partial charge in [0.15, 0.2) is 5.76 Å². The summed E-state index contributed by atoms with van der Waals surface area (Å²) in [6.07, 6.45) is 1.68. The van der Waals surface area contributed by atoms with Gasteiger partial charge in [0.25, 0.3) is 5.91 Å².